The van der Waals surface area contributed by atoms with Crippen molar-refractivity contribution in [3.05, 3.63) is 65.1 Å². The standard InChI is InChI=1S/C34H44N4O6S/c35-34(33(41)37-45(43,44)30-17-18-30)22-28(34)11-7-2-1-3-8-12-31(36-42)32(40)38-20-19-27(21-29(38)23-39)26-15-13-25(14-16-26)24-9-5-4-6-10-24/h4-6,9-10,13-16,23,27-31H,1-3,7-8,11-12,17-22,35H2,(H,37,41)/t27?,28-,29+,31+,34-/m1/s1. The van der Waals surface area contributed by atoms with Crippen LogP contribution in [0.5, 0.6) is 0 Å². The maximum Gasteiger partial charge on any atom is 0.253 e. The number of amides is 2. The average molecular weight is 637 g/mol. The number of likely N-dealkylation sites (tertiary alicyclic amines) is 1. The maximum atomic E-state index is 13.2. The first-order valence-electron chi connectivity index (χ1n) is 16.2. The number of carbonyl (C=O) groups is 3. The fourth-order valence-corrected chi connectivity index (χ4v) is 8.00. The number of piperidine rings is 1. The number of hydrogen-bond donors (Lipinski definition) is 2. The van der Waals surface area contributed by atoms with Gasteiger partial charge in [-0.1, -0.05) is 91.9 Å². The number of unbranched alkanes of at least 4 members (excludes halogenated alkanes) is 4. The van der Waals surface area contributed by atoms with E-state index in [1.165, 1.54) is 4.90 Å². The van der Waals surface area contributed by atoms with Crippen molar-refractivity contribution in [3.63, 3.8) is 0 Å². The van der Waals surface area contributed by atoms with Gasteiger partial charge in [-0.15, -0.1) is 4.91 Å². The van der Waals surface area contributed by atoms with Crippen molar-refractivity contribution in [2.75, 3.05) is 6.54 Å². The van der Waals surface area contributed by atoms with Crippen LogP contribution < -0.4 is 10.5 Å². The van der Waals surface area contributed by atoms with Crippen molar-refractivity contribution in [1.29, 1.82) is 0 Å². The Morgan fingerprint density at radius 3 is 2.31 bits per heavy atom. The summed E-state index contributed by atoms with van der Waals surface area (Å²) in [7, 11) is -3.59. The molecule has 45 heavy (non-hydrogen) atoms. The SMILES string of the molecule is N[C@]1(C(=O)NS(=O)(=O)C2CC2)C[C@H]1CCCCCCC[C@H](N=O)C(=O)N1CCC(c2ccc(-c3ccccc3)cc2)C[C@H]1C=O. The molecule has 1 unspecified atom stereocenters. The number of benzene rings is 2. The summed E-state index contributed by atoms with van der Waals surface area (Å²) in [5.41, 5.74) is 8.49. The molecule has 0 radical (unpaired) electrons. The van der Waals surface area contributed by atoms with Gasteiger partial charge < -0.3 is 15.4 Å². The van der Waals surface area contributed by atoms with Gasteiger partial charge in [-0.25, -0.2) is 8.42 Å². The Labute approximate surface area is 265 Å². The van der Waals surface area contributed by atoms with Crippen LogP contribution in [0, 0.1) is 10.8 Å². The smallest absolute Gasteiger partial charge is 0.253 e. The van der Waals surface area contributed by atoms with Gasteiger partial charge in [0.2, 0.25) is 10.0 Å². The van der Waals surface area contributed by atoms with Gasteiger partial charge in [-0.2, -0.15) is 0 Å². The summed E-state index contributed by atoms with van der Waals surface area (Å²) in [6.45, 7) is 0.410. The third-order valence-corrected chi connectivity index (χ3v) is 11.6. The van der Waals surface area contributed by atoms with E-state index in [-0.39, 0.29) is 17.7 Å². The fourth-order valence-electron chi connectivity index (χ4n) is 6.62. The Morgan fingerprint density at radius 2 is 1.64 bits per heavy atom. The zero-order valence-corrected chi connectivity index (χ0v) is 26.5. The van der Waals surface area contributed by atoms with E-state index in [4.69, 9.17) is 5.73 Å². The molecule has 0 aromatic heterocycles. The van der Waals surface area contributed by atoms with Crippen LogP contribution in [0.25, 0.3) is 11.1 Å². The molecule has 3 aliphatic rings. The fraction of sp³-hybridized carbons (Fsp3) is 0.559. The molecule has 11 heteroatoms. The molecule has 2 aliphatic carbocycles. The van der Waals surface area contributed by atoms with Crippen LogP contribution >= 0.6 is 0 Å². The van der Waals surface area contributed by atoms with Gasteiger partial charge in [0, 0.05) is 6.54 Å². The Balaban J connectivity index is 0.998. The van der Waals surface area contributed by atoms with Gasteiger partial charge in [0.1, 0.15) is 6.29 Å². The lowest BCUT2D eigenvalue weighted by atomic mass is 9.84. The zero-order valence-electron chi connectivity index (χ0n) is 25.7. The number of aldehydes is 1. The second kappa shape index (κ2) is 14.3. The van der Waals surface area contributed by atoms with Gasteiger partial charge in [0.25, 0.3) is 11.8 Å². The third-order valence-electron chi connectivity index (χ3n) is 9.79. The zero-order chi connectivity index (χ0) is 32.0. The van der Waals surface area contributed by atoms with Crippen molar-refractivity contribution in [1.82, 2.24) is 9.62 Å². The number of rotatable bonds is 16. The van der Waals surface area contributed by atoms with Gasteiger partial charge in [0.05, 0.1) is 16.8 Å². The highest BCUT2D eigenvalue weighted by Crippen LogP contribution is 2.45. The quantitative estimate of drug-likeness (QED) is 0.152. The van der Waals surface area contributed by atoms with E-state index >= 15 is 0 Å². The molecular weight excluding hydrogens is 592 g/mol. The minimum atomic E-state index is -3.59. The summed E-state index contributed by atoms with van der Waals surface area (Å²) in [5, 5.41) is 2.67. The van der Waals surface area contributed by atoms with Crippen LogP contribution in [0.3, 0.4) is 0 Å². The highest BCUT2D eigenvalue weighted by atomic mass is 32.2. The second-order valence-corrected chi connectivity index (χ2v) is 15.0. The van der Waals surface area contributed by atoms with Gasteiger partial charge in [-0.05, 0) is 73.5 Å². The molecule has 3 N–H and O–H groups in total. The number of carbonyl (C=O) groups excluding carboxylic acids is 3. The molecule has 1 heterocycles. The summed E-state index contributed by atoms with van der Waals surface area (Å²) in [6, 6.07) is 16.9. The number of sulfonamides is 1. The van der Waals surface area contributed by atoms with E-state index in [0.717, 1.165) is 61.5 Å². The predicted octanol–water partition coefficient (Wildman–Crippen LogP) is 4.82. The molecule has 2 aromatic rings. The van der Waals surface area contributed by atoms with E-state index in [1.54, 1.807) is 0 Å². The summed E-state index contributed by atoms with van der Waals surface area (Å²) in [4.78, 5) is 50.8. The normalized spacial score (nSPS) is 25.3. The summed E-state index contributed by atoms with van der Waals surface area (Å²) < 4.78 is 26.2. The first kappa shape index (κ1) is 32.9. The van der Waals surface area contributed by atoms with Crippen LogP contribution in [0.2, 0.25) is 0 Å². The maximum absolute atomic E-state index is 13.2. The number of nitrogens with two attached hydrogens (primary N) is 1. The number of hydrogen-bond acceptors (Lipinski definition) is 8. The van der Waals surface area contributed by atoms with E-state index in [9.17, 15) is 27.7 Å². The van der Waals surface area contributed by atoms with Crippen LogP contribution in [-0.2, 0) is 24.4 Å². The number of nitrogens with one attached hydrogen (secondary N) is 1. The topological polar surface area (TPSA) is 156 Å². The molecule has 5 rings (SSSR count). The van der Waals surface area contributed by atoms with Crippen molar-refractivity contribution in [3.8, 4) is 11.1 Å². The Kier molecular flexibility index (Phi) is 10.5. The summed E-state index contributed by atoms with van der Waals surface area (Å²) in [5.74, 6) is -0.816. The third kappa shape index (κ3) is 8.05. The molecule has 2 aromatic carbocycles. The van der Waals surface area contributed by atoms with Gasteiger partial charge >= 0.3 is 0 Å². The lowest BCUT2D eigenvalue weighted by Crippen LogP contribution is -2.49. The molecule has 1 aliphatic heterocycles. The Hall–Kier alpha value is -3.44. The van der Waals surface area contributed by atoms with Gasteiger partial charge in [-0.3, -0.25) is 14.3 Å². The number of nitrogens with zero attached hydrogens (tertiary/aromatic N) is 2. The van der Waals surface area contributed by atoms with Gasteiger partial charge in [0.15, 0.2) is 6.04 Å². The largest absolute Gasteiger partial charge is 0.331 e. The molecule has 2 saturated carbocycles. The first-order valence-corrected chi connectivity index (χ1v) is 17.8. The predicted molar refractivity (Wildman–Crippen MR) is 172 cm³/mol. The van der Waals surface area contributed by atoms with Crippen LogP contribution in [0.4, 0.5) is 0 Å². The monoisotopic (exact) mass is 636 g/mol. The van der Waals surface area contributed by atoms with Crippen molar-refractivity contribution in [2.24, 2.45) is 16.8 Å². The molecule has 1 saturated heterocycles. The molecule has 2 amide bonds. The molecule has 5 atom stereocenters. The Bertz CT molecular complexity index is 1460. The van der Waals surface area contributed by atoms with E-state index < -0.39 is 38.8 Å². The molecular formula is C34H44N4O6S. The number of nitroso groups, excluding NO2 is 1. The van der Waals surface area contributed by atoms with E-state index in [1.807, 2.05) is 18.2 Å². The van der Waals surface area contributed by atoms with Crippen LogP contribution in [-0.4, -0.2) is 60.8 Å². The highest BCUT2D eigenvalue weighted by Gasteiger charge is 2.57. The molecule has 10 nitrogen and oxygen atoms in total. The summed E-state index contributed by atoms with van der Waals surface area (Å²) in [6.07, 6.45) is 9.00. The molecule has 0 bridgehead atoms. The highest BCUT2D eigenvalue weighted by molar-refractivity contribution is 7.91. The van der Waals surface area contributed by atoms with Crippen LogP contribution in [0.15, 0.2) is 59.8 Å². The summed E-state index contributed by atoms with van der Waals surface area (Å²) >= 11 is 0. The molecule has 242 valence electrons. The lowest BCUT2D eigenvalue weighted by Gasteiger charge is -2.37. The van der Waals surface area contributed by atoms with Crippen molar-refractivity contribution >= 4 is 28.1 Å². The van der Waals surface area contributed by atoms with E-state index in [0.29, 0.717) is 45.1 Å². The molecule has 0 spiro atoms. The second-order valence-electron chi connectivity index (χ2n) is 13.0. The first-order chi connectivity index (χ1) is 21.7. The lowest BCUT2D eigenvalue weighted by molar-refractivity contribution is -0.139. The van der Waals surface area contributed by atoms with E-state index in [2.05, 4.69) is 46.3 Å². The minimum Gasteiger partial charge on any atom is -0.331 e. The van der Waals surface area contributed by atoms with Crippen molar-refractivity contribution in [2.45, 2.75) is 106 Å². The molecule has 3 fully saturated rings. The Morgan fingerprint density at radius 1 is 0.978 bits per heavy atom. The average Bonchev–Trinajstić information content (AvgIpc) is 3.99. The minimum absolute atomic E-state index is 0.0169. The van der Waals surface area contributed by atoms with Crippen LogP contribution in [0.1, 0.15) is 88.5 Å². The van der Waals surface area contributed by atoms with Crippen molar-refractivity contribution < 1.29 is 22.8 Å².